The van der Waals surface area contributed by atoms with E-state index in [0.717, 1.165) is 10.9 Å². The van der Waals surface area contributed by atoms with Gasteiger partial charge in [0.25, 0.3) is 5.91 Å². The van der Waals surface area contributed by atoms with Gasteiger partial charge in [0, 0.05) is 29.7 Å². The van der Waals surface area contributed by atoms with Gasteiger partial charge in [-0.05, 0) is 24.3 Å². The summed E-state index contributed by atoms with van der Waals surface area (Å²) in [5.74, 6) is -0.176. The molecule has 5 heteroatoms. The van der Waals surface area contributed by atoms with Crippen LogP contribution >= 0.6 is 11.6 Å². The van der Waals surface area contributed by atoms with Crippen LogP contribution in [-0.2, 0) is 0 Å². The molecule has 0 saturated carbocycles. The lowest BCUT2D eigenvalue weighted by molar-refractivity contribution is 0.0954. The molecule has 1 amide bonds. The molecule has 88 valence electrons. The quantitative estimate of drug-likeness (QED) is 0.868. The van der Waals surface area contributed by atoms with E-state index in [1.54, 1.807) is 24.4 Å². The molecule has 0 radical (unpaired) electrons. The van der Waals surface area contributed by atoms with Crippen molar-refractivity contribution in [3.05, 3.63) is 41.0 Å². The number of hydrogen-bond donors (Lipinski definition) is 2. The molecule has 1 aromatic carbocycles. The molecule has 2 aromatic rings. The monoisotopic (exact) mass is 249 g/mol. The Balaban J connectivity index is 2.33. The SMILES string of the molecule is NCCNC(=O)c1cnc2ccc(Cl)cc2c1. The molecular formula is C12H12ClN3O. The van der Waals surface area contributed by atoms with Gasteiger partial charge < -0.3 is 11.1 Å². The molecule has 0 bridgehead atoms. The highest BCUT2D eigenvalue weighted by molar-refractivity contribution is 6.31. The fraction of sp³-hybridized carbons (Fsp3) is 0.167. The molecule has 0 saturated heterocycles. The molecule has 0 spiro atoms. The summed E-state index contributed by atoms with van der Waals surface area (Å²) in [6, 6.07) is 7.13. The summed E-state index contributed by atoms with van der Waals surface area (Å²) < 4.78 is 0. The van der Waals surface area contributed by atoms with E-state index in [1.807, 2.05) is 6.07 Å². The number of benzene rings is 1. The smallest absolute Gasteiger partial charge is 0.252 e. The van der Waals surface area contributed by atoms with Gasteiger partial charge in [-0.15, -0.1) is 0 Å². The first-order chi connectivity index (χ1) is 8.20. The average Bonchev–Trinajstić information content (AvgIpc) is 2.35. The van der Waals surface area contributed by atoms with Gasteiger partial charge in [-0.2, -0.15) is 0 Å². The average molecular weight is 250 g/mol. The van der Waals surface area contributed by atoms with Gasteiger partial charge in [0.15, 0.2) is 0 Å². The molecule has 17 heavy (non-hydrogen) atoms. The Morgan fingerprint density at radius 3 is 3.00 bits per heavy atom. The van der Waals surface area contributed by atoms with Crippen LogP contribution in [0.3, 0.4) is 0 Å². The van der Waals surface area contributed by atoms with Crippen molar-refractivity contribution >= 4 is 28.4 Å². The van der Waals surface area contributed by atoms with Crippen molar-refractivity contribution in [2.75, 3.05) is 13.1 Å². The Labute approximate surface area is 104 Å². The highest BCUT2D eigenvalue weighted by Gasteiger charge is 2.06. The van der Waals surface area contributed by atoms with Crippen LogP contribution in [0.4, 0.5) is 0 Å². The number of nitrogens with two attached hydrogens (primary N) is 1. The van der Waals surface area contributed by atoms with Crippen molar-refractivity contribution in [3.63, 3.8) is 0 Å². The molecule has 4 nitrogen and oxygen atoms in total. The van der Waals surface area contributed by atoms with E-state index in [-0.39, 0.29) is 5.91 Å². The summed E-state index contributed by atoms with van der Waals surface area (Å²) in [5, 5.41) is 4.16. The largest absolute Gasteiger partial charge is 0.351 e. The van der Waals surface area contributed by atoms with E-state index in [9.17, 15) is 4.79 Å². The van der Waals surface area contributed by atoms with Crippen molar-refractivity contribution < 1.29 is 4.79 Å². The number of hydrogen-bond acceptors (Lipinski definition) is 3. The number of carbonyl (C=O) groups is 1. The highest BCUT2D eigenvalue weighted by Crippen LogP contribution is 2.18. The van der Waals surface area contributed by atoms with Crippen LogP contribution in [0.15, 0.2) is 30.5 Å². The number of pyridine rings is 1. The fourth-order valence-corrected chi connectivity index (χ4v) is 1.69. The molecule has 3 N–H and O–H groups in total. The summed E-state index contributed by atoms with van der Waals surface area (Å²) in [4.78, 5) is 15.9. The zero-order valence-corrected chi connectivity index (χ0v) is 9.87. The zero-order chi connectivity index (χ0) is 12.3. The molecule has 0 aliphatic rings. The van der Waals surface area contributed by atoms with Gasteiger partial charge in [-0.1, -0.05) is 11.6 Å². The normalized spacial score (nSPS) is 10.5. The molecule has 0 atom stereocenters. The lowest BCUT2D eigenvalue weighted by Crippen LogP contribution is -2.29. The maximum Gasteiger partial charge on any atom is 0.252 e. The first-order valence-electron chi connectivity index (χ1n) is 5.24. The molecule has 0 aliphatic heterocycles. The Morgan fingerprint density at radius 1 is 1.41 bits per heavy atom. The van der Waals surface area contributed by atoms with Crippen LogP contribution in [0, 0.1) is 0 Å². The minimum atomic E-state index is -0.176. The van der Waals surface area contributed by atoms with E-state index < -0.39 is 0 Å². The molecule has 0 unspecified atom stereocenters. The zero-order valence-electron chi connectivity index (χ0n) is 9.11. The minimum absolute atomic E-state index is 0.176. The third-order valence-corrected chi connectivity index (χ3v) is 2.57. The number of fused-ring (bicyclic) bond motifs is 1. The molecule has 1 heterocycles. The van der Waals surface area contributed by atoms with Crippen LogP contribution < -0.4 is 11.1 Å². The van der Waals surface area contributed by atoms with E-state index >= 15 is 0 Å². The standard InChI is InChI=1S/C12H12ClN3O/c13-10-1-2-11-8(6-10)5-9(7-16-11)12(17)15-4-3-14/h1-2,5-7H,3-4,14H2,(H,15,17). The maximum atomic E-state index is 11.7. The number of aromatic nitrogens is 1. The van der Waals surface area contributed by atoms with Crippen LogP contribution in [0.25, 0.3) is 10.9 Å². The highest BCUT2D eigenvalue weighted by atomic mass is 35.5. The van der Waals surface area contributed by atoms with Crippen molar-refractivity contribution in [3.8, 4) is 0 Å². The summed E-state index contributed by atoms with van der Waals surface area (Å²) in [6.45, 7) is 0.866. The van der Waals surface area contributed by atoms with Crippen LogP contribution in [-0.4, -0.2) is 24.0 Å². The van der Waals surface area contributed by atoms with Crippen molar-refractivity contribution in [2.24, 2.45) is 5.73 Å². The molecule has 0 fully saturated rings. The van der Waals surface area contributed by atoms with Crippen molar-refractivity contribution in [1.82, 2.24) is 10.3 Å². The number of nitrogens with zero attached hydrogens (tertiary/aromatic N) is 1. The summed E-state index contributed by atoms with van der Waals surface area (Å²) in [7, 11) is 0. The lowest BCUT2D eigenvalue weighted by Gasteiger charge is -2.04. The summed E-state index contributed by atoms with van der Waals surface area (Å²) >= 11 is 5.89. The minimum Gasteiger partial charge on any atom is -0.351 e. The Bertz CT molecular complexity index is 556. The number of rotatable bonds is 3. The third-order valence-electron chi connectivity index (χ3n) is 2.34. The van der Waals surface area contributed by atoms with Gasteiger partial charge in [-0.3, -0.25) is 9.78 Å². The third kappa shape index (κ3) is 2.72. The maximum absolute atomic E-state index is 11.7. The first-order valence-corrected chi connectivity index (χ1v) is 5.62. The predicted molar refractivity (Wildman–Crippen MR) is 68.1 cm³/mol. The molecule has 2 rings (SSSR count). The van der Waals surface area contributed by atoms with Crippen molar-refractivity contribution in [1.29, 1.82) is 0 Å². The second kappa shape index (κ2) is 5.12. The van der Waals surface area contributed by atoms with Gasteiger partial charge >= 0.3 is 0 Å². The molecule has 0 aliphatic carbocycles. The number of nitrogens with one attached hydrogen (secondary N) is 1. The Morgan fingerprint density at radius 2 is 2.24 bits per heavy atom. The van der Waals surface area contributed by atoms with Gasteiger partial charge in [0.05, 0.1) is 11.1 Å². The first kappa shape index (κ1) is 11.8. The fourth-order valence-electron chi connectivity index (χ4n) is 1.51. The number of halogens is 1. The van der Waals surface area contributed by atoms with E-state index in [4.69, 9.17) is 17.3 Å². The predicted octanol–water partition coefficient (Wildman–Crippen LogP) is 1.58. The van der Waals surface area contributed by atoms with Gasteiger partial charge in [-0.25, -0.2) is 0 Å². The number of carbonyl (C=O) groups excluding carboxylic acids is 1. The van der Waals surface area contributed by atoms with Gasteiger partial charge in [0.1, 0.15) is 0 Å². The van der Waals surface area contributed by atoms with E-state index in [2.05, 4.69) is 10.3 Å². The second-order valence-electron chi connectivity index (χ2n) is 3.61. The van der Waals surface area contributed by atoms with E-state index in [0.29, 0.717) is 23.7 Å². The van der Waals surface area contributed by atoms with E-state index in [1.165, 1.54) is 0 Å². The topological polar surface area (TPSA) is 68.0 Å². The van der Waals surface area contributed by atoms with Crippen molar-refractivity contribution in [2.45, 2.75) is 0 Å². The second-order valence-corrected chi connectivity index (χ2v) is 4.04. The number of amides is 1. The van der Waals surface area contributed by atoms with Crippen LogP contribution in [0.1, 0.15) is 10.4 Å². The summed E-state index contributed by atoms with van der Waals surface area (Å²) in [5.41, 5.74) is 6.64. The van der Waals surface area contributed by atoms with Gasteiger partial charge in [0.2, 0.25) is 0 Å². The lowest BCUT2D eigenvalue weighted by atomic mass is 10.1. The summed E-state index contributed by atoms with van der Waals surface area (Å²) in [6.07, 6.45) is 1.54. The molecular weight excluding hydrogens is 238 g/mol. The Hall–Kier alpha value is -1.65. The van der Waals surface area contributed by atoms with Crippen LogP contribution in [0.2, 0.25) is 5.02 Å². The van der Waals surface area contributed by atoms with Crippen LogP contribution in [0.5, 0.6) is 0 Å². The molecule has 1 aromatic heterocycles. The Kier molecular flexibility index (Phi) is 3.56.